The third-order valence-electron chi connectivity index (χ3n) is 1.36. The Labute approximate surface area is 57.4 Å². The van der Waals surface area contributed by atoms with Crippen LogP contribution in [-0.4, -0.2) is 6.10 Å². The molecule has 1 unspecified atom stereocenters. The van der Waals surface area contributed by atoms with Gasteiger partial charge in [-0.05, 0) is 6.42 Å². The van der Waals surface area contributed by atoms with Crippen molar-refractivity contribution in [3.63, 3.8) is 0 Å². The minimum Gasteiger partial charge on any atom is -0.229 e. The second-order valence-electron chi connectivity index (χ2n) is 2.27. The molecule has 9 heavy (non-hydrogen) atoms. The summed E-state index contributed by atoms with van der Waals surface area (Å²) in [6, 6.07) is 0. The van der Waals surface area contributed by atoms with E-state index in [2.05, 4.69) is 13.5 Å². The standard InChI is InChI=1S/C8H15O/c1-3-5-6-7-8(9)4-2/h4,8H,2-3,5-7H2,1H3. The lowest BCUT2D eigenvalue weighted by atomic mass is 10.1. The molecule has 1 heteroatoms. The van der Waals surface area contributed by atoms with Crippen LogP contribution in [0.1, 0.15) is 32.6 Å². The maximum absolute atomic E-state index is 10.7. The molecule has 0 aliphatic heterocycles. The van der Waals surface area contributed by atoms with Gasteiger partial charge in [0, 0.05) is 0 Å². The molecule has 0 aliphatic carbocycles. The van der Waals surface area contributed by atoms with Crippen LogP contribution in [0.25, 0.3) is 0 Å². The van der Waals surface area contributed by atoms with Crippen LogP contribution in [-0.2, 0) is 5.11 Å². The van der Waals surface area contributed by atoms with Crippen molar-refractivity contribution in [2.75, 3.05) is 0 Å². The lowest BCUT2D eigenvalue weighted by Crippen LogP contribution is -1.97. The van der Waals surface area contributed by atoms with E-state index in [1.165, 1.54) is 18.9 Å². The highest BCUT2D eigenvalue weighted by atomic mass is 16.3. The smallest absolute Gasteiger partial charge is 0.111 e. The van der Waals surface area contributed by atoms with E-state index in [1.54, 1.807) is 0 Å². The quantitative estimate of drug-likeness (QED) is 0.399. The second kappa shape index (κ2) is 5.83. The molecule has 0 bridgehead atoms. The van der Waals surface area contributed by atoms with Gasteiger partial charge in [-0.1, -0.05) is 32.3 Å². The predicted octanol–water partition coefficient (Wildman–Crippen LogP) is 2.55. The van der Waals surface area contributed by atoms with E-state index < -0.39 is 6.10 Å². The van der Waals surface area contributed by atoms with Gasteiger partial charge < -0.3 is 0 Å². The van der Waals surface area contributed by atoms with Crippen LogP contribution < -0.4 is 0 Å². The van der Waals surface area contributed by atoms with Gasteiger partial charge in [0.2, 0.25) is 0 Å². The first kappa shape index (κ1) is 8.70. The van der Waals surface area contributed by atoms with Crippen molar-refractivity contribution in [2.45, 2.75) is 38.7 Å². The summed E-state index contributed by atoms with van der Waals surface area (Å²) in [6.07, 6.45) is 5.12. The summed E-state index contributed by atoms with van der Waals surface area (Å²) in [5, 5.41) is 10.7. The predicted molar refractivity (Wildman–Crippen MR) is 38.8 cm³/mol. The zero-order valence-electron chi connectivity index (χ0n) is 6.10. The molecule has 0 fully saturated rings. The number of unbranched alkanes of at least 4 members (excludes halogenated alkanes) is 2. The third-order valence-corrected chi connectivity index (χ3v) is 1.36. The monoisotopic (exact) mass is 127 g/mol. The van der Waals surface area contributed by atoms with Crippen molar-refractivity contribution in [1.82, 2.24) is 0 Å². The Morgan fingerprint density at radius 2 is 2.22 bits per heavy atom. The van der Waals surface area contributed by atoms with E-state index in [-0.39, 0.29) is 0 Å². The Hall–Kier alpha value is -0.300. The molecule has 0 spiro atoms. The average Bonchev–Trinajstić information content (AvgIpc) is 1.89. The summed E-state index contributed by atoms with van der Waals surface area (Å²) in [6.45, 7) is 5.56. The molecule has 0 aromatic rings. The molecule has 0 aliphatic rings. The zero-order valence-corrected chi connectivity index (χ0v) is 6.10. The van der Waals surface area contributed by atoms with Crippen LogP contribution in [0.15, 0.2) is 12.7 Å². The Bertz CT molecular complexity index is 69.0. The SMILES string of the molecule is C=CC([O])CCCCC. The lowest BCUT2D eigenvalue weighted by molar-refractivity contribution is 0.120. The summed E-state index contributed by atoms with van der Waals surface area (Å²) in [4.78, 5) is 0. The maximum Gasteiger partial charge on any atom is 0.111 e. The van der Waals surface area contributed by atoms with E-state index in [1.807, 2.05) is 0 Å². The molecule has 0 rings (SSSR count). The van der Waals surface area contributed by atoms with Gasteiger partial charge >= 0.3 is 0 Å². The van der Waals surface area contributed by atoms with Gasteiger partial charge in [-0.3, -0.25) is 0 Å². The van der Waals surface area contributed by atoms with Crippen LogP contribution in [0.2, 0.25) is 0 Å². The van der Waals surface area contributed by atoms with E-state index in [4.69, 9.17) is 0 Å². The average molecular weight is 127 g/mol. The van der Waals surface area contributed by atoms with Crippen LogP contribution >= 0.6 is 0 Å². The topological polar surface area (TPSA) is 19.9 Å². The minimum atomic E-state index is -0.531. The largest absolute Gasteiger partial charge is 0.229 e. The fourth-order valence-corrected chi connectivity index (χ4v) is 0.713. The van der Waals surface area contributed by atoms with Gasteiger partial charge in [-0.25, -0.2) is 5.11 Å². The van der Waals surface area contributed by atoms with Crippen LogP contribution in [0.3, 0.4) is 0 Å². The Kier molecular flexibility index (Phi) is 5.64. The van der Waals surface area contributed by atoms with Gasteiger partial charge in [0.1, 0.15) is 6.10 Å². The lowest BCUT2D eigenvalue weighted by Gasteiger charge is -1.99. The van der Waals surface area contributed by atoms with Crippen molar-refractivity contribution >= 4 is 0 Å². The fourth-order valence-electron chi connectivity index (χ4n) is 0.713. The van der Waals surface area contributed by atoms with Crippen LogP contribution in [0.5, 0.6) is 0 Å². The first-order valence-electron chi connectivity index (χ1n) is 3.59. The fraction of sp³-hybridized carbons (Fsp3) is 0.750. The van der Waals surface area contributed by atoms with E-state index >= 15 is 0 Å². The van der Waals surface area contributed by atoms with Crippen LogP contribution in [0, 0.1) is 0 Å². The highest BCUT2D eigenvalue weighted by Gasteiger charge is 1.97. The van der Waals surface area contributed by atoms with Crippen molar-refractivity contribution < 1.29 is 5.11 Å². The molecule has 1 nitrogen and oxygen atoms in total. The molecule has 1 atom stereocenters. The molecular formula is C8H15O. The number of hydrogen-bond donors (Lipinski definition) is 0. The van der Waals surface area contributed by atoms with E-state index in [0.29, 0.717) is 0 Å². The van der Waals surface area contributed by atoms with Gasteiger partial charge in [0.05, 0.1) is 0 Å². The third kappa shape index (κ3) is 5.57. The molecule has 0 aromatic carbocycles. The van der Waals surface area contributed by atoms with E-state index in [9.17, 15) is 5.11 Å². The highest BCUT2D eigenvalue weighted by molar-refractivity contribution is 4.76. The normalized spacial score (nSPS) is 13.1. The van der Waals surface area contributed by atoms with Gasteiger partial charge in [-0.2, -0.15) is 0 Å². The molecule has 0 heterocycles. The molecule has 0 aromatic heterocycles. The van der Waals surface area contributed by atoms with Crippen molar-refractivity contribution in [2.24, 2.45) is 0 Å². The second-order valence-corrected chi connectivity index (χ2v) is 2.27. The van der Waals surface area contributed by atoms with Crippen molar-refractivity contribution in [1.29, 1.82) is 0 Å². The van der Waals surface area contributed by atoms with Crippen molar-refractivity contribution in [3.8, 4) is 0 Å². The van der Waals surface area contributed by atoms with Gasteiger partial charge in [0.15, 0.2) is 0 Å². The number of rotatable bonds is 5. The summed E-state index contributed by atoms with van der Waals surface area (Å²) in [5.41, 5.74) is 0. The minimum absolute atomic E-state index is 0.531. The molecule has 53 valence electrons. The summed E-state index contributed by atoms with van der Waals surface area (Å²) in [5.74, 6) is 0. The summed E-state index contributed by atoms with van der Waals surface area (Å²) < 4.78 is 0. The molecule has 0 saturated heterocycles. The molecule has 0 amide bonds. The Morgan fingerprint density at radius 1 is 1.56 bits per heavy atom. The van der Waals surface area contributed by atoms with E-state index in [0.717, 1.165) is 12.8 Å². The highest BCUT2D eigenvalue weighted by Crippen LogP contribution is 2.03. The molecule has 1 radical (unpaired) electrons. The molecule has 0 saturated carbocycles. The number of hydrogen-bond acceptors (Lipinski definition) is 0. The van der Waals surface area contributed by atoms with Gasteiger partial charge in [0.25, 0.3) is 0 Å². The first-order chi connectivity index (χ1) is 4.31. The summed E-state index contributed by atoms with van der Waals surface area (Å²) >= 11 is 0. The zero-order chi connectivity index (χ0) is 7.11. The molecule has 0 N–H and O–H groups in total. The van der Waals surface area contributed by atoms with Gasteiger partial charge in [-0.15, -0.1) is 6.58 Å². The molecular weight excluding hydrogens is 112 g/mol. The Morgan fingerprint density at radius 3 is 2.67 bits per heavy atom. The van der Waals surface area contributed by atoms with Crippen LogP contribution in [0.4, 0.5) is 0 Å². The summed E-state index contributed by atoms with van der Waals surface area (Å²) in [7, 11) is 0. The Balaban J connectivity index is 2.96. The maximum atomic E-state index is 10.7. The van der Waals surface area contributed by atoms with Crippen molar-refractivity contribution in [3.05, 3.63) is 12.7 Å². The first-order valence-corrected chi connectivity index (χ1v) is 3.59.